The van der Waals surface area contributed by atoms with Crippen LogP contribution in [0.4, 0.5) is 10.5 Å². The van der Waals surface area contributed by atoms with Crippen molar-refractivity contribution in [2.75, 3.05) is 18.0 Å². The third kappa shape index (κ3) is 4.42. The van der Waals surface area contributed by atoms with Crippen molar-refractivity contribution in [1.82, 2.24) is 5.01 Å². The van der Waals surface area contributed by atoms with Crippen LogP contribution in [0, 0.1) is 12.8 Å². The predicted molar refractivity (Wildman–Crippen MR) is 122 cm³/mol. The van der Waals surface area contributed by atoms with E-state index >= 15 is 0 Å². The zero-order valence-corrected chi connectivity index (χ0v) is 18.2. The molecule has 1 N–H and O–H groups in total. The van der Waals surface area contributed by atoms with Crippen molar-refractivity contribution in [1.29, 1.82) is 0 Å². The molecular formula is C25H27N3O4. The molecule has 1 heterocycles. The Bertz CT molecular complexity index is 1070. The summed E-state index contributed by atoms with van der Waals surface area (Å²) >= 11 is 0. The van der Waals surface area contributed by atoms with Gasteiger partial charge in [-0.2, -0.15) is 5.10 Å². The van der Waals surface area contributed by atoms with Gasteiger partial charge >= 0.3 is 12.0 Å². The number of ketones is 1. The highest BCUT2D eigenvalue weighted by Gasteiger charge is 2.34. The van der Waals surface area contributed by atoms with E-state index in [0.29, 0.717) is 11.3 Å². The van der Waals surface area contributed by atoms with E-state index in [4.69, 9.17) is 0 Å². The fourth-order valence-electron chi connectivity index (χ4n) is 4.57. The smallest absolute Gasteiger partial charge is 0.345 e. The van der Waals surface area contributed by atoms with Gasteiger partial charge in [0.15, 0.2) is 5.78 Å². The average Bonchev–Trinajstić information content (AvgIpc) is 2.90. The van der Waals surface area contributed by atoms with Crippen LogP contribution in [-0.2, 0) is 4.79 Å². The molecule has 0 saturated heterocycles. The first kappa shape index (κ1) is 21.7. The number of carboxylic acid groups (broad SMARTS) is 1. The van der Waals surface area contributed by atoms with Crippen LogP contribution >= 0.6 is 0 Å². The number of rotatable bonds is 6. The summed E-state index contributed by atoms with van der Waals surface area (Å²) in [5, 5.41) is 15.0. The number of aryl methyl sites for hydroxylation is 1. The van der Waals surface area contributed by atoms with Crippen LogP contribution in [0.1, 0.15) is 53.6 Å². The number of Topliss-reactive ketones (excluding diaryl/α,β-unsaturated/α-hetero) is 1. The molecule has 0 radical (unpaired) electrons. The molecule has 1 aliphatic heterocycles. The third-order valence-corrected chi connectivity index (χ3v) is 6.18. The second-order valence-electron chi connectivity index (χ2n) is 8.40. The number of hydrogen-bond donors (Lipinski definition) is 1. The lowest BCUT2D eigenvalue weighted by Gasteiger charge is -2.25. The Balaban J connectivity index is 1.77. The van der Waals surface area contributed by atoms with E-state index in [1.807, 2.05) is 37.3 Å². The van der Waals surface area contributed by atoms with Gasteiger partial charge in [0.1, 0.15) is 6.54 Å². The van der Waals surface area contributed by atoms with Crippen molar-refractivity contribution in [2.24, 2.45) is 11.0 Å². The minimum atomic E-state index is -1.15. The molecule has 4 rings (SSSR count). The second kappa shape index (κ2) is 9.34. The summed E-state index contributed by atoms with van der Waals surface area (Å²) in [6.07, 6.45) is 5.22. The van der Waals surface area contributed by atoms with E-state index in [2.05, 4.69) is 5.10 Å². The van der Waals surface area contributed by atoms with Crippen LogP contribution in [0.2, 0.25) is 0 Å². The third-order valence-electron chi connectivity index (χ3n) is 6.18. The number of urea groups is 1. The van der Waals surface area contributed by atoms with Gasteiger partial charge in [-0.05, 0) is 31.4 Å². The molecule has 166 valence electrons. The summed E-state index contributed by atoms with van der Waals surface area (Å²) in [5.41, 5.74) is 3.49. The number of nitrogens with zero attached hydrogens (tertiary/aromatic N) is 3. The van der Waals surface area contributed by atoms with Gasteiger partial charge in [-0.3, -0.25) is 14.5 Å². The van der Waals surface area contributed by atoms with Gasteiger partial charge in [0.05, 0.1) is 17.9 Å². The normalized spacial score (nSPS) is 16.9. The van der Waals surface area contributed by atoms with Crippen molar-refractivity contribution in [3.63, 3.8) is 0 Å². The summed E-state index contributed by atoms with van der Waals surface area (Å²) in [4.78, 5) is 39.5. The quantitative estimate of drug-likeness (QED) is 0.680. The van der Waals surface area contributed by atoms with E-state index in [1.54, 1.807) is 18.2 Å². The van der Waals surface area contributed by atoms with Crippen LogP contribution in [0.3, 0.4) is 0 Å². The second-order valence-corrected chi connectivity index (χ2v) is 8.40. The van der Waals surface area contributed by atoms with Crippen LogP contribution in [-0.4, -0.2) is 46.7 Å². The molecule has 2 aliphatic rings. The predicted octanol–water partition coefficient (Wildman–Crippen LogP) is 4.49. The first-order valence-corrected chi connectivity index (χ1v) is 11.0. The molecule has 2 aromatic carbocycles. The van der Waals surface area contributed by atoms with Crippen LogP contribution in [0.5, 0.6) is 0 Å². The number of anilines is 1. The lowest BCUT2D eigenvalue weighted by Crippen LogP contribution is -2.44. The SMILES string of the molecule is Cc1ccccc1C(=O)CN1C(=O)N(CC(=O)O)N=C(C2CCCCC2)c2ccccc21. The Labute approximate surface area is 187 Å². The van der Waals surface area contributed by atoms with Crippen LogP contribution in [0.15, 0.2) is 53.6 Å². The Morgan fingerprint density at radius 2 is 1.69 bits per heavy atom. The Hall–Kier alpha value is -3.48. The lowest BCUT2D eigenvalue weighted by molar-refractivity contribution is -0.137. The molecule has 2 amide bonds. The number of carbonyl (C=O) groups is 3. The van der Waals surface area contributed by atoms with Crippen molar-refractivity contribution >= 4 is 29.2 Å². The summed E-state index contributed by atoms with van der Waals surface area (Å²) in [6, 6.07) is 14.1. The van der Waals surface area contributed by atoms with Crippen LogP contribution in [0.25, 0.3) is 0 Å². The van der Waals surface area contributed by atoms with Gasteiger partial charge in [0.2, 0.25) is 0 Å². The number of aliphatic carboxylic acids is 1. The largest absolute Gasteiger partial charge is 0.480 e. The number of benzene rings is 2. The molecule has 7 nitrogen and oxygen atoms in total. The number of carbonyl (C=O) groups excluding carboxylic acids is 2. The summed E-state index contributed by atoms with van der Waals surface area (Å²) in [7, 11) is 0. The molecule has 0 atom stereocenters. The number of amides is 2. The Morgan fingerprint density at radius 3 is 2.41 bits per heavy atom. The fourth-order valence-corrected chi connectivity index (χ4v) is 4.57. The van der Waals surface area contributed by atoms with Gasteiger partial charge in [0, 0.05) is 17.0 Å². The molecular weight excluding hydrogens is 406 g/mol. The maximum absolute atomic E-state index is 13.5. The van der Waals surface area contributed by atoms with E-state index in [0.717, 1.165) is 47.5 Å². The first-order chi connectivity index (χ1) is 15.5. The van der Waals surface area contributed by atoms with Crippen molar-refractivity contribution < 1.29 is 19.5 Å². The maximum atomic E-state index is 13.5. The highest BCUT2D eigenvalue weighted by Crippen LogP contribution is 2.34. The number of hydrogen-bond acceptors (Lipinski definition) is 4. The zero-order chi connectivity index (χ0) is 22.7. The number of para-hydroxylation sites is 1. The highest BCUT2D eigenvalue weighted by molar-refractivity contribution is 6.14. The van der Waals surface area contributed by atoms with E-state index in [9.17, 15) is 19.5 Å². The molecule has 32 heavy (non-hydrogen) atoms. The number of hydrazone groups is 1. The van der Waals surface area contributed by atoms with E-state index in [1.165, 1.54) is 11.3 Å². The monoisotopic (exact) mass is 433 g/mol. The van der Waals surface area contributed by atoms with Gasteiger partial charge in [-0.1, -0.05) is 61.7 Å². The summed E-state index contributed by atoms with van der Waals surface area (Å²) < 4.78 is 0. The standard InChI is InChI=1S/C25H27N3O4/c1-17-9-5-6-12-19(17)22(29)15-27-21-14-8-7-13-20(21)24(18-10-3-2-4-11-18)26-28(25(27)32)16-23(30)31/h5-9,12-14,18H,2-4,10-11,15-16H2,1H3,(H,30,31). The highest BCUT2D eigenvalue weighted by atomic mass is 16.4. The van der Waals surface area contributed by atoms with Gasteiger partial charge in [0.25, 0.3) is 0 Å². The van der Waals surface area contributed by atoms with Gasteiger partial charge in [-0.25, -0.2) is 9.80 Å². The van der Waals surface area contributed by atoms with Crippen molar-refractivity contribution in [2.45, 2.75) is 39.0 Å². The Morgan fingerprint density at radius 1 is 1.00 bits per heavy atom. The van der Waals surface area contributed by atoms with Crippen molar-refractivity contribution in [3.05, 3.63) is 65.2 Å². The fraction of sp³-hybridized carbons (Fsp3) is 0.360. The van der Waals surface area contributed by atoms with Crippen LogP contribution < -0.4 is 4.90 Å². The lowest BCUT2D eigenvalue weighted by atomic mass is 9.83. The minimum Gasteiger partial charge on any atom is -0.480 e. The molecule has 7 heteroatoms. The molecule has 0 aromatic heterocycles. The minimum absolute atomic E-state index is 0.154. The van der Waals surface area contributed by atoms with E-state index in [-0.39, 0.29) is 18.2 Å². The summed E-state index contributed by atoms with van der Waals surface area (Å²) in [5.74, 6) is -1.20. The number of fused-ring (bicyclic) bond motifs is 1. The topological polar surface area (TPSA) is 90.3 Å². The van der Waals surface area contributed by atoms with Gasteiger partial charge < -0.3 is 5.11 Å². The maximum Gasteiger partial charge on any atom is 0.345 e. The van der Waals surface area contributed by atoms with Crippen molar-refractivity contribution in [3.8, 4) is 0 Å². The van der Waals surface area contributed by atoms with E-state index < -0.39 is 18.5 Å². The molecule has 1 saturated carbocycles. The molecule has 1 fully saturated rings. The summed E-state index contributed by atoms with van der Waals surface area (Å²) in [6.45, 7) is 1.11. The molecule has 2 aromatic rings. The molecule has 0 spiro atoms. The van der Waals surface area contributed by atoms with Gasteiger partial charge in [-0.15, -0.1) is 0 Å². The Kier molecular flexibility index (Phi) is 6.35. The average molecular weight is 434 g/mol. The molecule has 0 unspecified atom stereocenters. The molecule has 0 bridgehead atoms. The molecule has 1 aliphatic carbocycles. The zero-order valence-electron chi connectivity index (χ0n) is 18.2. The number of carboxylic acids is 1. The first-order valence-electron chi connectivity index (χ1n) is 11.0.